The number of pyridine rings is 2. The van der Waals surface area contributed by atoms with E-state index in [1.807, 2.05) is 33.8 Å². The number of nitrogens with zero attached hydrogens (tertiary/aromatic N) is 2. The maximum Gasteiger partial charge on any atom is 0.313 e. The van der Waals surface area contributed by atoms with Crippen molar-refractivity contribution >= 4 is 5.97 Å². The zero-order valence-electron chi connectivity index (χ0n) is 15.5. The molecule has 2 aliphatic rings. The predicted molar refractivity (Wildman–Crippen MR) is 97.9 cm³/mol. The molecule has 4 rings (SSSR count). The van der Waals surface area contributed by atoms with Gasteiger partial charge in [0.15, 0.2) is 0 Å². The van der Waals surface area contributed by atoms with Gasteiger partial charge in [-0.25, -0.2) is 0 Å². The van der Waals surface area contributed by atoms with Crippen LogP contribution in [0.5, 0.6) is 0 Å². The molecule has 0 saturated heterocycles. The van der Waals surface area contributed by atoms with E-state index in [1.54, 1.807) is 4.57 Å². The molecule has 0 spiro atoms. The summed E-state index contributed by atoms with van der Waals surface area (Å²) in [5.41, 5.74) is 13.2. The quantitative estimate of drug-likeness (QED) is 0.715. The molecule has 4 heterocycles. The number of carbonyl (C=O) groups is 1. The molecule has 2 unspecified atom stereocenters. The molecule has 2 aromatic heterocycles. The van der Waals surface area contributed by atoms with Crippen molar-refractivity contribution in [2.45, 2.75) is 59.2 Å². The normalized spacial score (nSPS) is 18.8. The molecule has 136 valence electrons. The summed E-state index contributed by atoms with van der Waals surface area (Å²) >= 11 is 0. The maximum atomic E-state index is 13.1. The second-order valence-electron chi connectivity index (χ2n) is 7.28. The second-order valence-corrected chi connectivity index (χ2v) is 7.28. The molecule has 6 heteroatoms. The van der Waals surface area contributed by atoms with Gasteiger partial charge in [0.25, 0.3) is 5.56 Å². The Kier molecular flexibility index (Phi) is 3.77. The molecule has 2 atom stereocenters. The van der Waals surface area contributed by atoms with Gasteiger partial charge in [-0.05, 0) is 49.9 Å². The number of hydrogen-bond acceptors (Lipinski definition) is 5. The number of cyclic esters (lactones) is 1. The van der Waals surface area contributed by atoms with Crippen LogP contribution < -0.4 is 11.3 Å². The third kappa shape index (κ3) is 2.18. The Labute approximate surface area is 152 Å². The molecule has 6 nitrogen and oxygen atoms in total. The van der Waals surface area contributed by atoms with Crippen molar-refractivity contribution in [1.82, 2.24) is 9.55 Å². The predicted octanol–water partition coefficient (Wildman–Crippen LogP) is 2.46. The number of carbonyl (C=O) groups excluding carboxylic acids is 1. The SMILES string of the molecule is CCC1C(=O)OCc2c1cc1n(c2=O)Cc2c-1nc(C)c(C)c2C(C)N. The number of hydrogen-bond donors (Lipinski definition) is 1. The van der Waals surface area contributed by atoms with Crippen molar-refractivity contribution in [2.75, 3.05) is 0 Å². The topological polar surface area (TPSA) is 87.2 Å². The molecule has 0 amide bonds. The molecular weight excluding hydrogens is 330 g/mol. The van der Waals surface area contributed by atoms with Crippen molar-refractivity contribution in [3.8, 4) is 11.4 Å². The minimum atomic E-state index is -0.388. The van der Waals surface area contributed by atoms with Crippen LogP contribution in [0, 0.1) is 13.8 Å². The van der Waals surface area contributed by atoms with E-state index in [4.69, 9.17) is 15.5 Å². The summed E-state index contributed by atoms with van der Waals surface area (Å²) in [6.07, 6.45) is 0.604. The zero-order chi connectivity index (χ0) is 18.7. The van der Waals surface area contributed by atoms with Gasteiger partial charge in [-0.2, -0.15) is 0 Å². The largest absolute Gasteiger partial charge is 0.460 e. The molecule has 0 fully saturated rings. The number of aryl methyl sites for hydroxylation is 1. The first-order valence-electron chi connectivity index (χ1n) is 9.04. The van der Waals surface area contributed by atoms with E-state index in [0.29, 0.717) is 18.5 Å². The van der Waals surface area contributed by atoms with E-state index in [-0.39, 0.29) is 30.1 Å². The molecule has 0 aliphatic carbocycles. The van der Waals surface area contributed by atoms with Gasteiger partial charge in [0, 0.05) is 17.3 Å². The minimum Gasteiger partial charge on any atom is -0.460 e. The summed E-state index contributed by atoms with van der Waals surface area (Å²) in [5.74, 6) is -0.646. The lowest BCUT2D eigenvalue weighted by molar-refractivity contribution is -0.148. The summed E-state index contributed by atoms with van der Waals surface area (Å²) in [4.78, 5) is 30.0. The number of nitrogens with two attached hydrogens (primary N) is 1. The van der Waals surface area contributed by atoms with E-state index in [1.165, 1.54) is 0 Å². The summed E-state index contributed by atoms with van der Waals surface area (Å²) < 4.78 is 6.98. The Balaban J connectivity index is 2.01. The van der Waals surface area contributed by atoms with Crippen molar-refractivity contribution in [3.05, 3.63) is 49.9 Å². The van der Waals surface area contributed by atoms with Gasteiger partial charge in [-0.3, -0.25) is 14.6 Å². The van der Waals surface area contributed by atoms with Gasteiger partial charge in [0.05, 0.1) is 29.4 Å². The van der Waals surface area contributed by atoms with Crippen LogP contribution in [-0.2, 0) is 22.7 Å². The average Bonchev–Trinajstić information content (AvgIpc) is 2.94. The van der Waals surface area contributed by atoms with Crippen molar-refractivity contribution in [1.29, 1.82) is 0 Å². The van der Waals surface area contributed by atoms with E-state index < -0.39 is 0 Å². The Bertz CT molecular complexity index is 1000. The molecule has 0 radical (unpaired) electrons. The molecular formula is C20H23N3O3. The fourth-order valence-corrected chi connectivity index (χ4v) is 4.29. The Morgan fingerprint density at radius 3 is 2.73 bits per heavy atom. The van der Waals surface area contributed by atoms with E-state index >= 15 is 0 Å². The van der Waals surface area contributed by atoms with Crippen LogP contribution in [-0.4, -0.2) is 15.5 Å². The van der Waals surface area contributed by atoms with Crippen LogP contribution >= 0.6 is 0 Å². The van der Waals surface area contributed by atoms with Crippen LogP contribution in [0.1, 0.15) is 65.7 Å². The van der Waals surface area contributed by atoms with E-state index in [2.05, 4.69) is 0 Å². The van der Waals surface area contributed by atoms with Crippen LogP contribution in [0.3, 0.4) is 0 Å². The van der Waals surface area contributed by atoms with Gasteiger partial charge in [0.1, 0.15) is 6.61 Å². The number of fused-ring (bicyclic) bond motifs is 4. The summed E-state index contributed by atoms with van der Waals surface area (Å²) in [5, 5.41) is 0. The fourth-order valence-electron chi connectivity index (χ4n) is 4.29. The first kappa shape index (κ1) is 17.0. The van der Waals surface area contributed by atoms with Crippen LogP contribution in [0.15, 0.2) is 10.9 Å². The summed E-state index contributed by atoms with van der Waals surface area (Å²) in [7, 11) is 0. The lowest BCUT2D eigenvalue weighted by Crippen LogP contribution is -2.32. The first-order chi connectivity index (χ1) is 12.3. The molecule has 2 N–H and O–H groups in total. The molecule has 0 aromatic carbocycles. The van der Waals surface area contributed by atoms with Gasteiger partial charge >= 0.3 is 5.97 Å². The Morgan fingerprint density at radius 2 is 2.08 bits per heavy atom. The van der Waals surface area contributed by atoms with Gasteiger partial charge in [0.2, 0.25) is 0 Å². The van der Waals surface area contributed by atoms with Crippen molar-refractivity contribution in [3.63, 3.8) is 0 Å². The smallest absolute Gasteiger partial charge is 0.313 e. The van der Waals surface area contributed by atoms with Crippen LogP contribution in [0.25, 0.3) is 11.4 Å². The number of ether oxygens (including phenoxy) is 1. The lowest BCUT2D eigenvalue weighted by Gasteiger charge is -2.24. The highest BCUT2D eigenvalue weighted by Crippen LogP contribution is 2.39. The second kappa shape index (κ2) is 5.77. The van der Waals surface area contributed by atoms with E-state index in [0.717, 1.165) is 39.3 Å². The van der Waals surface area contributed by atoms with Crippen LogP contribution in [0.2, 0.25) is 0 Å². The molecule has 2 aromatic rings. The van der Waals surface area contributed by atoms with E-state index in [9.17, 15) is 9.59 Å². The minimum absolute atomic E-state index is 0.0474. The molecule has 2 aliphatic heterocycles. The van der Waals surface area contributed by atoms with Gasteiger partial charge in [-0.1, -0.05) is 6.92 Å². The third-order valence-electron chi connectivity index (χ3n) is 5.71. The summed E-state index contributed by atoms with van der Waals surface area (Å²) in [6.45, 7) is 8.39. The standard InChI is InChI=1S/C20H23N3O3/c1-5-12-13-6-16-18-14(17(10(3)21)9(2)11(4)22-18)7-23(16)19(24)15(13)8-26-20(12)25/h6,10,12H,5,7-8,21H2,1-4H3. The first-order valence-corrected chi connectivity index (χ1v) is 9.04. The molecule has 26 heavy (non-hydrogen) atoms. The monoisotopic (exact) mass is 353 g/mol. The highest BCUT2D eigenvalue weighted by atomic mass is 16.5. The Morgan fingerprint density at radius 1 is 1.35 bits per heavy atom. The maximum absolute atomic E-state index is 13.1. The third-order valence-corrected chi connectivity index (χ3v) is 5.71. The van der Waals surface area contributed by atoms with Crippen LogP contribution in [0.4, 0.5) is 0 Å². The number of rotatable bonds is 2. The van der Waals surface area contributed by atoms with Crippen molar-refractivity contribution < 1.29 is 9.53 Å². The highest BCUT2D eigenvalue weighted by molar-refractivity contribution is 5.81. The van der Waals surface area contributed by atoms with Crippen molar-refractivity contribution in [2.24, 2.45) is 5.73 Å². The molecule has 0 saturated carbocycles. The number of aromatic nitrogens is 2. The Hall–Kier alpha value is -2.47. The average molecular weight is 353 g/mol. The highest BCUT2D eigenvalue weighted by Gasteiger charge is 2.35. The van der Waals surface area contributed by atoms with Gasteiger partial charge < -0.3 is 15.0 Å². The molecule has 0 bridgehead atoms. The number of esters is 1. The zero-order valence-corrected chi connectivity index (χ0v) is 15.5. The summed E-state index contributed by atoms with van der Waals surface area (Å²) in [6, 6.07) is 1.82. The van der Waals surface area contributed by atoms with Gasteiger partial charge in [-0.15, -0.1) is 0 Å². The fraction of sp³-hybridized carbons (Fsp3) is 0.450. The lowest BCUT2D eigenvalue weighted by atomic mass is 9.90.